The normalized spacial score (nSPS) is 10.2. The van der Waals surface area contributed by atoms with E-state index in [1.165, 1.54) is 0 Å². The van der Waals surface area contributed by atoms with Gasteiger partial charge in [-0.05, 0) is 42.2 Å². The Hall–Kier alpha value is -1.94. The van der Waals surface area contributed by atoms with Gasteiger partial charge in [0.15, 0.2) is 5.78 Å². The Balaban J connectivity index is 2.19. The van der Waals surface area contributed by atoms with Gasteiger partial charge in [0.25, 0.3) is 0 Å². The molecular weight excluding hydrogens is 284 g/mol. The molecule has 0 spiro atoms. The molecule has 2 aromatic carbocycles. The van der Waals surface area contributed by atoms with Gasteiger partial charge in [0.1, 0.15) is 11.5 Å². The number of hydrogen-bond donors (Lipinski definition) is 0. The zero-order valence-electron chi connectivity index (χ0n) is 12.4. The minimum Gasteiger partial charge on any atom is -0.497 e. The fraction of sp³-hybridized carbons (Fsp3) is 0.235. The molecule has 0 atom stereocenters. The molecule has 0 fully saturated rings. The summed E-state index contributed by atoms with van der Waals surface area (Å²) in [5.41, 5.74) is 1.71. The van der Waals surface area contributed by atoms with Crippen LogP contribution in [0.4, 0.5) is 0 Å². The van der Waals surface area contributed by atoms with Gasteiger partial charge in [-0.15, -0.1) is 11.8 Å². The van der Waals surface area contributed by atoms with Gasteiger partial charge in [-0.2, -0.15) is 0 Å². The Morgan fingerprint density at radius 3 is 2.19 bits per heavy atom. The van der Waals surface area contributed by atoms with E-state index in [-0.39, 0.29) is 5.78 Å². The first kappa shape index (κ1) is 15.4. The van der Waals surface area contributed by atoms with Crippen molar-refractivity contribution in [2.45, 2.75) is 11.3 Å². The molecule has 0 bridgehead atoms. The molecule has 0 saturated heterocycles. The zero-order chi connectivity index (χ0) is 15.2. The molecule has 0 aliphatic rings. The lowest BCUT2D eigenvalue weighted by atomic mass is 10.0. The number of ether oxygens (including phenoxy) is 2. The maximum atomic E-state index is 12.5. The van der Waals surface area contributed by atoms with Crippen molar-refractivity contribution in [1.82, 2.24) is 0 Å². The molecule has 21 heavy (non-hydrogen) atoms. The third-order valence-corrected chi connectivity index (χ3v) is 4.01. The quantitative estimate of drug-likeness (QED) is 0.600. The van der Waals surface area contributed by atoms with Crippen molar-refractivity contribution in [3.05, 3.63) is 53.6 Å². The van der Waals surface area contributed by atoms with Gasteiger partial charge in [0.2, 0.25) is 0 Å². The SMILES string of the molecule is COc1ccc(CC(=O)c2ccc(OC)cc2SC)cc1. The molecule has 0 aromatic heterocycles. The highest BCUT2D eigenvalue weighted by Crippen LogP contribution is 2.27. The molecule has 0 amide bonds. The Labute approximate surface area is 129 Å². The van der Waals surface area contributed by atoms with Gasteiger partial charge in [-0.3, -0.25) is 4.79 Å². The summed E-state index contributed by atoms with van der Waals surface area (Å²) in [5.74, 6) is 1.66. The van der Waals surface area contributed by atoms with Crippen molar-refractivity contribution >= 4 is 17.5 Å². The predicted octanol–water partition coefficient (Wildman–Crippen LogP) is 3.85. The summed E-state index contributed by atoms with van der Waals surface area (Å²) >= 11 is 1.55. The first-order chi connectivity index (χ1) is 10.2. The van der Waals surface area contributed by atoms with E-state index in [4.69, 9.17) is 9.47 Å². The number of carbonyl (C=O) groups is 1. The first-order valence-electron chi connectivity index (χ1n) is 6.56. The summed E-state index contributed by atoms with van der Waals surface area (Å²) in [5, 5.41) is 0. The number of carbonyl (C=O) groups excluding carboxylic acids is 1. The van der Waals surface area contributed by atoms with E-state index >= 15 is 0 Å². The second-order valence-electron chi connectivity index (χ2n) is 4.51. The second-order valence-corrected chi connectivity index (χ2v) is 5.36. The summed E-state index contributed by atoms with van der Waals surface area (Å²) in [6, 6.07) is 13.1. The highest BCUT2D eigenvalue weighted by atomic mass is 32.2. The Kier molecular flexibility index (Phi) is 5.28. The largest absolute Gasteiger partial charge is 0.497 e. The van der Waals surface area contributed by atoms with E-state index in [2.05, 4.69) is 0 Å². The molecule has 0 saturated carbocycles. The molecule has 4 heteroatoms. The number of rotatable bonds is 6. The maximum absolute atomic E-state index is 12.5. The van der Waals surface area contributed by atoms with E-state index in [1.54, 1.807) is 26.0 Å². The lowest BCUT2D eigenvalue weighted by Gasteiger charge is -2.09. The molecule has 0 unspecified atom stereocenters. The zero-order valence-corrected chi connectivity index (χ0v) is 13.2. The Bertz CT molecular complexity index is 620. The van der Waals surface area contributed by atoms with Crippen LogP contribution in [0.25, 0.3) is 0 Å². The third kappa shape index (κ3) is 3.79. The molecule has 2 rings (SSSR count). The van der Waals surface area contributed by atoms with Crippen LogP contribution in [0.1, 0.15) is 15.9 Å². The van der Waals surface area contributed by atoms with E-state index < -0.39 is 0 Å². The third-order valence-electron chi connectivity index (χ3n) is 3.23. The Morgan fingerprint density at radius 1 is 1.00 bits per heavy atom. The van der Waals surface area contributed by atoms with Crippen LogP contribution < -0.4 is 9.47 Å². The predicted molar refractivity (Wildman–Crippen MR) is 85.8 cm³/mol. The number of methoxy groups -OCH3 is 2. The number of hydrogen-bond acceptors (Lipinski definition) is 4. The van der Waals surface area contributed by atoms with E-state index in [9.17, 15) is 4.79 Å². The van der Waals surface area contributed by atoms with Crippen molar-refractivity contribution in [3.63, 3.8) is 0 Å². The van der Waals surface area contributed by atoms with Crippen LogP contribution in [-0.2, 0) is 6.42 Å². The van der Waals surface area contributed by atoms with Crippen molar-refractivity contribution in [2.75, 3.05) is 20.5 Å². The first-order valence-corrected chi connectivity index (χ1v) is 7.78. The summed E-state index contributed by atoms with van der Waals surface area (Å²) in [6.07, 6.45) is 2.34. The fourth-order valence-corrected chi connectivity index (χ4v) is 2.69. The molecular formula is C17H18O3S. The smallest absolute Gasteiger partial charge is 0.168 e. The summed E-state index contributed by atoms with van der Waals surface area (Å²) < 4.78 is 10.3. The van der Waals surface area contributed by atoms with Gasteiger partial charge in [0.05, 0.1) is 14.2 Å². The Morgan fingerprint density at radius 2 is 1.62 bits per heavy atom. The fourth-order valence-electron chi connectivity index (χ4n) is 2.05. The van der Waals surface area contributed by atoms with Gasteiger partial charge in [-0.1, -0.05) is 12.1 Å². The maximum Gasteiger partial charge on any atom is 0.168 e. The van der Waals surface area contributed by atoms with Gasteiger partial charge >= 0.3 is 0 Å². The average molecular weight is 302 g/mol. The van der Waals surface area contributed by atoms with Crippen molar-refractivity contribution in [2.24, 2.45) is 0 Å². The van der Waals surface area contributed by atoms with Gasteiger partial charge in [-0.25, -0.2) is 0 Å². The summed E-state index contributed by atoms with van der Waals surface area (Å²) in [4.78, 5) is 13.4. The molecule has 3 nitrogen and oxygen atoms in total. The minimum atomic E-state index is 0.104. The number of benzene rings is 2. The van der Waals surface area contributed by atoms with Crippen LogP contribution >= 0.6 is 11.8 Å². The number of Topliss-reactive ketones (excluding diaryl/α,β-unsaturated/α-hetero) is 1. The van der Waals surface area contributed by atoms with Crippen LogP contribution in [0.5, 0.6) is 11.5 Å². The van der Waals surface area contributed by atoms with Crippen molar-refractivity contribution in [1.29, 1.82) is 0 Å². The molecule has 0 heterocycles. The van der Waals surface area contributed by atoms with Crippen LogP contribution in [0.15, 0.2) is 47.4 Å². The van der Waals surface area contributed by atoms with Crippen LogP contribution in [0.2, 0.25) is 0 Å². The number of ketones is 1. The van der Waals surface area contributed by atoms with E-state index in [0.29, 0.717) is 6.42 Å². The van der Waals surface area contributed by atoms with Gasteiger partial charge in [0, 0.05) is 16.9 Å². The monoisotopic (exact) mass is 302 g/mol. The number of thioether (sulfide) groups is 1. The minimum absolute atomic E-state index is 0.104. The van der Waals surface area contributed by atoms with Crippen LogP contribution in [0, 0.1) is 0 Å². The van der Waals surface area contributed by atoms with Crippen molar-refractivity contribution < 1.29 is 14.3 Å². The van der Waals surface area contributed by atoms with Gasteiger partial charge < -0.3 is 9.47 Å². The van der Waals surface area contributed by atoms with Crippen molar-refractivity contribution in [3.8, 4) is 11.5 Å². The molecule has 2 aromatic rings. The average Bonchev–Trinajstić information content (AvgIpc) is 2.54. The molecule has 0 radical (unpaired) electrons. The van der Waals surface area contributed by atoms with E-state index in [0.717, 1.165) is 27.5 Å². The second kappa shape index (κ2) is 7.18. The highest BCUT2D eigenvalue weighted by molar-refractivity contribution is 7.98. The molecule has 0 aliphatic heterocycles. The topological polar surface area (TPSA) is 35.5 Å². The summed E-state index contributed by atoms with van der Waals surface area (Å²) in [6.45, 7) is 0. The molecule has 0 N–H and O–H groups in total. The lowest BCUT2D eigenvalue weighted by Crippen LogP contribution is -2.05. The standard InChI is InChI=1S/C17H18O3S/c1-19-13-6-4-12(5-7-13)10-16(18)15-9-8-14(20-2)11-17(15)21-3/h4-9,11H,10H2,1-3H3. The van der Waals surface area contributed by atoms with Crippen LogP contribution in [-0.4, -0.2) is 26.3 Å². The van der Waals surface area contributed by atoms with Crippen LogP contribution in [0.3, 0.4) is 0 Å². The summed E-state index contributed by atoms with van der Waals surface area (Å²) in [7, 11) is 3.25. The molecule has 0 aliphatic carbocycles. The molecule has 110 valence electrons. The highest BCUT2D eigenvalue weighted by Gasteiger charge is 2.13. The lowest BCUT2D eigenvalue weighted by molar-refractivity contribution is 0.0990. The van der Waals surface area contributed by atoms with E-state index in [1.807, 2.05) is 48.7 Å².